The van der Waals surface area contributed by atoms with Crippen LogP contribution in [0.1, 0.15) is 33.1 Å². The van der Waals surface area contributed by atoms with Crippen molar-refractivity contribution in [3.05, 3.63) is 12.4 Å². The van der Waals surface area contributed by atoms with Crippen LogP contribution in [0.2, 0.25) is 0 Å². The molecule has 0 bridgehead atoms. The molecule has 0 aliphatic heterocycles. The van der Waals surface area contributed by atoms with Crippen molar-refractivity contribution in [1.29, 1.82) is 0 Å². The Morgan fingerprint density at radius 3 is 2.86 bits per heavy atom. The minimum atomic E-state index is -3.43. The van der Waals surface area contributed by atoms with E-state index in [9.17, 15) is 8.42 Å². The number of nitrogens with one attached hydrogen (secondary N) is 2. The minimum absolute atomic E-state index is 0.251. The zero-order chi connectivity index (χ0) is 15.3. The van der Waals surface area contributed by atoms with Gasteiger partial charge in [-0.15, -0.1) is 0 Å². The fourth-order valence-corrected chi connectivity index (χ4v) is 3.35. The zero-order valence-corrected chi connectivity index (χ0v) is 13.7. The molecular formula is C14H26N4O2S. The molecule has 2 rings (SSSR count). The highest BCUT2D eigenvalue weighted by molar-refractivity contribution is 7.89. The van der Waals surface area contributed by atoms with Crippen LogP contribution in [-0.4, -0.2) is 37.8 Å². The third-order valence-corrected chi connectivity index (χ3v) is 5.26. The van der Waals surface area contributed by atoms with Crippen molar-refractivity contribution in [3.8, 4) is 0 Å². The van der Waals surface area contributed by atoms with E-state index < -0.39 is 10.0 Å². The number of hydrogen-bond acceptors (Lipinski definition) is 4. The summed E-state index contributed by atoms with van der Waals surface area (Å²) in [6, 6.07) is 0. The van der Waals surface area contributed by atoms with Crippen molar-refractivity contribution >= 4 is 10.0 Å². The molecule has 0 saturated heterocycles. The number of aromatic nitrogens is 2. The summed E-state index contributed by atoms with van der Waals surface area (Å²) in [5.41, 5.74) is 0. The van der Waals surface area contributed by atoms with E-state index in [1.165, 1.54) is 19.0 Å². The minimum Gasteiger partial charge on any atom is -0.315 e. The predicted octanol–water partition coefficient (Wildman–Crippen LogP) is 1.21. The smallest absolute Gasteiger partial charge is 0.243 e. The Morgan fingerprint density at radius 1 is 1.43 bits per heavy atom. The maximum Gasteiger partial charge on any atom is 0.243 e. The lowest BCUT2D eigenvalue weighted by molar-refractivity contribution is 0.491. The van der Waals surface area contributed by atoms with Gasteiger partial charge in [0.25, 0.3) is 0 Å². The second-order valence-electron chi connectivity index (χ2n) is 5.86. The van der Waals surface area contributed by atoms with Gasteiger partial charge in [0, 0.05) is 19.3 Å². The molecule has 1 aromatic rings. The SMILES string of the molecule is CCCNCCn1cc(S(=O)(=O)NCC(C)C2CC2)cn1. The summed E-state index contributed by atoms with van der Waals surface area (Å²) in [5.74, 6) is 1.10. The van der Waals surface area contributed by atoms with Gasteiger partial charge in [-0.2, -0.15) is 5.10 Å². The normalized spacial score (nSPS) is 17.0. The summed E-state index contributed by atoms with van der Waals surface area (Å²) in [5, 5.41) is 7.38. The van der Waals surface area contributed by atoms with Crippen LogP contribution in [-0.2, 0) is 16.6 Å². The quantitative estimate of drug-likeness (QED) is 0.637. The third kappa shape index (κ3) is 5.09. The van der Waals surface area contributed by atoms with Crippen LogP contribution in [0, 0.1) is 11.8 Å². The molecule has 0 radical (unpaired) electrons. The molecule has 1 saturated carbocycles. The van der Waals surface area contributed by atoms with Crippen LogP contribution in [0.25, 0.3) is 0 Å². The van der Waals surface area contributed by atoms with Crippen LogP contribution in [0.3, 0.4) is 0 Å². The van der Waals surface area contributed by atoms with Crippen LogP contribution < -0.4 is 10.0 Å². The zero-order valence-electron chi connectivity index (χ0n) is 12.9. The van der Waals surface area contributed by atoms with Crippen molar-refractivity contribution in [1.82, 2.24) is 19.8 Å². The first kappa shape index (κ1) is 16.5. The highest BCUT2D eigenvalue weighted by Crippen LogP contribution is 2.36. The van der Waals surface area contributed by atoms with Crippen LogP contribution in [0.15, 0.2) is 17.3 Å². The Bertz CT molecular complexity index is 537. The standard InChI is InChI=1S/C14H26N4O2S/c1-3-6-15-7-8-18-11-14(10-16-18)21(19,20)17-9-12(2)13-4-5-13/h10-13,15,17H,3-9H2,1-2H3. The van der Waals surface area contributed by atoms with E-state index in [0.29, 0.717) is 24.9 Å². The van der Waals surface area contributed by atoms with E-state index in [-0.39, 0.29) is 4.90 Å². The second kappa shape index (κ2) is 7.38. The first-order valence-electron chi connectivity index (χ1n) is 7.75. The summed E-state index contributed by atoms with van der Waals surface area (Å²) in [6.07, 6.45) is 6.56. The summed E-state index contributed by atoms with van der Waals surface area (Å²) >= 11 is 0. The van der Waals surface area contributed by atoms with Gasteiger partial charge in [0.15, 0.2) is 0 Å². The average Bonchev–Trinajstić information content (AvgIpc) is 3.20. The van der Waals surface area contributed by atoms with Gasteiger partial charge in [-0.05, 0) is 37.6 Å². The molecule has 1 heterocycles. The lowest BCUT2D eigenvalue weighted by atomic mass is 10.1. The van der Waals surface area contributed by atoms with E-state index >= 15 is 0 Å². The van der Waals surface area contributed by atoms with Crippen molar-refractivity contribution in [2.45, 2.75) is 44.6 Å². The Hall–Kier alpha value is -0.920. The lowest BCUT2D eigenvalue weighted by Gasteiger charge is -2.10. The molecule has 1 fully saturated rings. The maximum atomic E-state index is 12.2. The van der Waals surface area contributed by atoms with Crippen LogP contribution in [0.5, 0.6) is 0 Å². The molecule has 1 aliphatic carbocycles. The van der Waals surface area contributed by atoms with E-state index in [0.717, 1.165) is 19.5 Å². The number of sulfonamides is 1. The summed E-state index contributed by atoms with van der Waals surface area (Å²) in [4.78, 5) is 0.251. The monoisotopic (exact) mass is 314 g/mol. The molecule has 0 aromatic carbocycles. The molecule has 2 N–H and O–H groups in total. The van der Waals surface area contributed by atoms with Gasteiger partial charge >= 0.3 is 0 Å². The van der Waals surface area contributed by atoms with Crippen LogP contribution >= 0.6 is 0 Å². The summed E-state index contributed by atoms with van der Waals surface area (Å²) in [7, 11) is -3.43. The average molecular weight is 314 g/mol. The topological polar surface area (TPSA) is 76.0 Å². The molecule has 6 nitrogen and oxygen atoms in total. The first-order chi connectivity index (χ1) is 10.0. The predicted molar refractivity (Wildman–Crippen MR) is 82.5 cm³/mol. The molecule has 0 amide bonds. The largest absolute Gasteiger partial charge is 0.315 e. The fraction of sp³-hybridized carbons (Fsp3) is 0.786. The molecule has 1 unspecified atom stereocenters. The molecular weight excluding hydrogens is 288 g/mol. The lowest BCUT2D eigenvalue weighted by Crippen LogP contribution is -2.29. The van der Waals surface area contributed by atoms with Crippen LogP contribution in [0.4, 0.5) is 0 Å². The van der Waals surface area contributed by atoms with Crippen molar-refractivity contribution in [2.75, 3.05) is 19.6 Å². The molecule has 1 aliphatic rings. The maximum absolute atomic E-state index is 12.2. The van der Waals surface area contributed by atoms with Crippen molar-refractivity contribution in [3.63, 3.8) is 0 Å². The number of hydrogen-bond donors (Lipinski definition) is 2. The third-order valence-electron chi connectivity index (χ3n) is 3.89. The van der Waals surface area contributed by atoms with E-state index in [4.69, 9.17) is 0 Å². The highest BCUT2D eigenvalue weighted by Gasteiger charge is 2.29. The van der Waals surface area contributed by atoms with Gasteiger partial charge in [0.2, 0.25) is 10.0 Å². The fourth-order valence-electron chi connectivity index (χ4n) is 2.26. The number of rotatable bonds is 10. The van der Waals surface area contributed by atoms with E-state index in [1.807, 2.05) is 0 Å². The Kier molecular flexibility index (Phi) is 5.78. The Balaban J connectivity index is 1.83. The highest BCUT2D eigenvalue weighted by atomic mass is 32.2. The summed E-state index contributed by atoms with van der Waals surface area (Å²) in [6.45, 7) is 7.15. The van der Waals surface area contributed by atoms with E-state index in [1.54, 1.807) is 10.9 Å². The molecule has 0 spiro atoms. The van der Waals surface area contributed by atoms with Gasteiger partial charge in [-0.1, -0.05) is 13.8 Å². The molecule has 1 aromatic heterocycles. The van der Waals surface area contributed by atoms with Gasteiger partial charge < -0.3 is 5.32 Å². The number of nitrogens with zero attached hydrogens (tertiary/aromatic N) is 2. The van der Waals surface area contributed by atoms with E-state index in [2.05, 4.69) is 29.0 Å². The van der Waals surface area contributed by atoms with Gasteiger partial charge in [0.1, 0.15) is 4.90 Å². The van der Waals surface area contributed by atoms with Gasteiger partial charge in [-0.25, -0.2) is 13.1 Å². The van der Waals surface area contributed by atoms with Crippen molar-refractivity contribution in [2.24, 2.45) is 11.8 Å². The van der Waals surface area contributed by atoms with Gasteiger partial charge in [-0.3, -0.25) is 4.68 Å². The molecule has 1 atom stereocenters. The molecule has 21 heavy (non-hydrogen) atoms. The molecule has 7 heteroatoms. The second-order valence-corrected chi connectivity index (χ2v) is 7.62. The summed E-state index contributed by atoms with van der Waals surface area (Å²) < 4.78 is 28.7. The van der Waals surface area contributed by atoms with Gasteiger partial charge in [0.05, 0.1) is 12.7 Å². The Labute approximate surface area is 127 Å². The Morgan fingerprint density at radius 2 is 2.19 bits per heavy atom. The van der Waals surface area contributed by atoms with Crippen molar-refractivity contribution < 1.29 is 8.42 Å². The molecule has 120 valence electrons. The first-order valence-corrected chi connectivity index (χ1v) is 9.24.